The van der Waals surface area contributed by atoms with Gasteiger partial charge in [0.2, 0.25) is 0 Å². The molecule has 0 bridgehead atoms. The molecule has 0 heterocycles. The molecule has 3 nitrogen and oxygen atoms in total. The number of hydrogen-bond donors (Lipinski definition) is 1. The summed E-state index contributed by atoms with van der Waals surface area (Å²) in [6.45, 7) is 6.00. The average molecular weight is 221 g/mol. The summed E-state index contributed by atoms with van der Waals surface area (Å²) in [6.07, 6.45) is 1.00. The molecular weight excluding hydrogens is 202 g/mol. The van der Waals surface area contributed by atoms with Gasteiger partial charge in [0.25, 0.3) is 5.91 Å². The Morgan fingerprint density at radius 3 is 2.56 bits per heavy atom. The van der Waals surface area contributed by atoms with Gasteiger partial charge in [0.05, 0.1) is 6.10 Å². The topological polar surface area (TPSA) is 38.3 Å². The quantitative estimate of drug-likeness (QED) is 0.847. The third-order valence-electron chi connectivity index (χ3n) is 2.24. The fraction of sp³-hybridized carbons (Fsp3) is 0.462. The molecule has 0 atom stereocenters. The molecule has 0 saturated carbocycles. The zero-order valence-corrected chi connectivity index (χ0v) is 10.3. The van der Waals surface area contributed by atoms with Crippen molar-refractivity contribution in [3.05, 3.63) is 29.3 Å². The van der Waals surface area contributed by atoms with E-state index in [1.54, 1.807) is 13.1 Å². The first kappa shape index (κ1) is 12.6. The van der Waals surface area contributed by atoms with E-state index in [0.29, 0.717) is 5.56 Å². The standard InChI is InChI=1S/C13H19NO2/c1-5-10-6-11(13(15)14-4)8-12(7-10)16-9(2)3/h6-9H,5H2,1-4H3,(H,14,15). The highest BCUT2D eigenvalue weighted by Gasteiger charge is 2.08. The highest BCUT2D eigenvalue weighted by atomic mass is 16.5. The number of amides is 1. The van der Waals surface area contributed by atoms with Crippen molar-refractivity contribution < 1.29 is 9.53 Å². The lowest BCUT2D eigenvalue weighted by molar-refractivity contribution is 0.0962. The van der Waals surface area contributed by atoms with E-state index in [1.165, 1.54) is 0 Å². The summed E-state index contributed by atoms with van der Waals surface area (Å²) in [5.74, 6) is 0.678. The summed E-state index contributed by atoms with van der Waals surface area (Å²) in [5, 5.41) is 2.62. The highest BCUT2D eigenvalue weighted by molar-refractivity contribution is 5.94. The first-order valence-corrected chi connectivity index (χ1v) is 5.59. The summed E-state index contributed by atoms with van der Waals surface area (Å²) in [5.41, 5.74) is 1.76. The van der Waals surface area contributed by atoms with Crippen molar-refractivity contribution in [1.29, 1.82) is 0 Å². The van der Waals surface area contributed by atoms with Gasteiger partial charge < -0.3 is 10.1 Å². The Balaban J connectivity index is 3.05. The molecule has 0 radical (unpaired) electrons. The number of carbonyl (C=O) groups excluding carboxylic acids is 1. The number of carbonyl (C=O) groups is 1. The Morgan fingerprint density at radius 1 is 1.38 bits per heavy atom. The molecule has 3 heteroatoms. The molecule has 0 unspecified atom stereocenters. The molecule has 0 aliphatic carbocycles. The van der Waals surface area contributed by atoms with Crippen LogP contribution in [0.15, 0.2) is 18.2 Å². The van der Waals surface area contributed by atoms with E-state index < -0.39 is 0 Å². The van der Waals surface area contributed by atoms with Gasteiger partial charge in [0.1, 0.15) is 5.75 Å². The van der Waals surface area contributed by atoms with Gasteiger partial charge in [0.15, 0.2) is 0 Å². The molecule has 0 saturated heterocycles. The maximum Gasteiger partial charge on any atom is 0.251 e. The van der Waals surface area contributed by atoms with Gasteiger partial charge in [-0.2, -0.15) is 0 Å². The van der Waals surface area contributed by atoms with Crippen LogP contribution in [0.1, 0.15) is 36.7 Å². The van der Waals surface area contributed by atoms with Crippen LogP contribution in [0.5, 0.6) is 5.75 Å². The smallest absolute Gasteiger partial charge is 0.251 e. The largest absolute Gasteiger partial charge is 0.491 e. The van der Waals surface area contributed by atoms with Crippen LogP contribution in [-0.4, -0.2) is 19.1 Å². The van der Waals surface area contributed by atoms with Gasteiger partial charge in [-0.3, -0.25) is 4.79 Å². The zero-order valence-electron chi connectivity index (χ0n) is 10.3. The second kappa shape index (κ2) is 5.54. The number of benzene rings is 1. The van der Waals surface area contributed by atoms with Gasteiger partial charge in [-0.15, -0.1) is 0 Å². The van der Waals surface area contributed by atoms with Crippen molar-refractivity contribution in [2.75, 3.05) is 7.05 Å². The zero-order chi connectivity index (χ0) is 12.1. The number of rotatable bonds is 4. The van der Waals surface area contributed by atoms with Gasteiger partial charge in [-0.1, -0.05) is 6.92 Å². The molecule has 1 aromatic carbocycles. The molecule has 16 heavy (non-hydrogen) atoms. The normalized spacial score (nSPS) is 10.3. The van der Waals surface area contributed by atoms with Crippen molar-refractivity contribution in [2.24, 2.45) is 0 Å². The van der Waals surface area contributed by atoms with Crippen molar-refractivity contribution in [3.8, 4) is 5.75 Å². The second-order valence-electron chi connectivity index (χ2n) is 3.96. The molecule has 1 amide bonds. The van der Waals surface area contributed by atoms with E-state index in [0.717, 1.165) is 17.7 Å². The van der Waals surface area contributed by atoms with E-state index in [4.69, 9.17) is 4.74 Å². The lowest BCUT2D eigenvalue weighted by Crippen LogP contribution is -2.18. The Hall–Kier alpha value is -1.51. The van der Waals surface area contributed by atoms with Crippen molar-refractivity contribution in [1.82, 2.24) is 5.32 Å². The van der Waals surface area contributed by atoms with E-state index >= 15 is 0 Å². The first-order valence-electron chi connectivity index (χ1n) is 5.59. The van der Waals surface area contributed by atoms with E-state index in [2.05, 4.69) is 12.2 Å². The molecule has 0 spiro atoms. The summed E-state index contributed by atoms with van der Waals surface area (Å²) >= 11 is 0. The minimum Gasteiger partial charge on any atom is -0.491 e. The Kier molecular flexibility index (Phi) is 4.35. The van der Waals surface area contributed by atoms with Crippen LogP contribution in [0.3, 0.4) is 0 Å². The van der Waals surface area contributed by atoms with Crippen LogP contribution in [0, 0.1) is 0 Å². The lowest BCUT2D eigenvalue weighted by Gasteiger charge is -2.12. The Labute approximate surface area is 96.8 Å². The maximum atomic E-state index is 11.6. The number of ether oxygens (including phenoxy) is 1. The molecular formula is C13H19NO2. The first-order chi connectivity index (χ1) is 7.56. The molecule has 0 fully saturated rings. The van der Waals surface area contributed by atoms with Crippen LogP contribution in [0.2, 0.25) is 0 Å². The minimum atomic E-state index is -0.0797. The monoisotopic (exact) mass is 221 g/mol. The average Bonchev–Trinajstić information content (AvgIpc) is 2.26. The lowest BCUT2D eigenvalue weighted by atomic mass is 10.1. The van der Waals surface area contributed by atoms with Gasteiger partial charge in [-0.05, 0) is 44.0 Å². The SMILES string of the molecule is CCc1cc(OC(C)C)cc(C(=O)NC)c1. The second-order valence-corrected chi connectivity index (χ2v) is 3.96. The third kappa shape index (κ3) is 3.26. The minimum absolute atomic E-state index is 0.0797. The van der Waals surface area contributed by atoms with Crippen LogP contribution in [-0.2, 0) is 6.42 Å². The fourth-order valence-corrected chi connectivity index (χ4v) is 1.48. The maximum absolute atomic E-state index is 11.6. The summed E-state index contributed by atoms with van der Waals surface area (Å²) < 4.78 is 5.61. The molecule has 88 valence electrons. The Bertz CT molecular complexity index is 372. The predicted molar refractivity (Wildman–Crippen MR) is 65.0 cm³/mol. The molecule has 1 rings (SSSR count). The van der Waals surface area contributed by atoms with Crippen molar-refractivity contribution >= 4 is 5.91 Å². The fourth-order valence-electron chi connectivity index (χ4n) is 1.48. The van der Waals surface area contributed by atoms with E-state index in [-0.39, 0.29) is 12.0 Å². The number of hydrogen-bond acceptors (Lipinski definition) is 2. The number of aryl methyl sites for hydroxylation is 1. The van der Waals surface area contributed by atoms with Crippen LogP contribution in [0.25, 0.3) is 0 Å². The van der Waals surface area contributed by atoms with Crippen LogP contribution >= 0.6 is 0 Å². The van der Waals surface area contributed by atoms with Crippen LogP contribution < -0.4 is 10.1 Å². The third-order valence-corrected chi connectivity index (χ3v) is 2.24. The number of nitrogens with one attached hydrogen (secondary N) is 1. The molecule has 0 aliphatic rings. The molecule has 0 aromatic heterocycles. The predicted octanol–water partition coefficient (Wildman–Crippen LogP) is 2.40. The summed E-state index contributed by atoms with van der Waals surface area (Å²) in [7, 11) is 1.63. The van der Waals surface area contributed by atoms with Crippen molar-refractivity contribution in [3.63, 3.8) is 0 Å². The summed E-state index contributed by atoms with van der Waals surface area (Å²) in [4.78, 5) is 11.6. The van der Waals surface area contributed by atoms with Crippen LogP contribution in [0.4, 0.5) is 0 Å². The van der Waals surface area contributed by atoms with Gasteiger partial charge in [0, 0.05) is 12.6 Å². The van der Waals surface area contributed by atoms with Gasteiger partial charge in [-0.25, -0.2) is 0 Å². The summed E-state index contributed by atoms with van der Waals surface area (Å²) in [6, 6.07) is 5.65. The molecule has 1 aromatic rings. The Morgan fingerprint density at radius 2 is 2.06 bits per heavy atom. The highest BCUT2D eigenvalue weighted by Crippen LogP contribution is 2.19. The van der Waals surface area contributed by atoms with E-state index in [1.807, 2.05) is 26.0 Å². The van der Waals surface area contributed by atoms with Crippen molar-refractivity contribution in [2.45, 2.75) is 33.3 Å². The van der Waals surface area contributed by atoms with Gasteiger partial charge >= 0.3 is 0 Å². The molecule has 0 aliphatic heterocycles. The van der Waals surface area contributed by atoms with E-state index in [9.17, 15) is 4.79 Å². The molecule has 1 N–H and O–H groups in total.